The van der Waals surface area contributed by atoms with E-state index in [4.69, 9.17) is 10.5 Å². The molecule has 0 unspecified atom stereocenters. The number of piperidine rings is 1. The van der Waals surface area contributed by atoms with Crippen LogP contribution >= 0.6 is 0 Å². The molecule has 0 radical (unpaired) electrons. The van der Waals surface area contributed by atoms with E-state index in [1.165, 1.54) is 0 Å². The average Bonchev–Trinajstić information content (AvgIpc) is 2.92. The summed E-state index contributed by atoms with van der Waals surface area (Å²) >= 11 is 0. The van der Waals surface area contributed by atoms with Gasteiger partial charge >= 0.3 is 0 Å². The molecule has 1 aliphatic heterocycles. The number of nitrogens with two attached hydrogens (primary N) is 1. The molecule has 21 heavy (non-hydrogen) atoms. The number of hydrogen-bond acceptors (Lipinski definition) is 6. The van der Waals surface area contributed by atoms with Crippen molar-refractivity contribution in [1.82, 2.24) is 10.3 Å². The molecule has 6 nitrogen and oxygen atoms in total. The summed E-state index contributed by atoms with van der Waals surface area (Å²) in [6.07, 6.45) is 2.03. The lowest BCUT2D eigenvalue weighted by molar-refractivity contribution is 0.270. The Labute approximate surface area is 123 Å². The molecule has 1 aromatic heterocycles. The Kier molecular flexibility index (Phi) is 4.06. The molecule has 2 aromatic rings. The molecule has 0 saturated carbocycles. The van der Waals surface area contributed by atoms with E-state index in [2.05, 4.69) is 25.9 Å². The van der Waals surface area contributed by atoms with E-state index in [0.29, 0.717) is 12.6 Å². The molecule has 3 rings (SSSR count). The van der Waals surface area contributed by atoms with Crippen LogP contribution in [-0.2, 0) is 6.61 Å². The van der Waals surface area contributed by atoms with Crippen LogP contribution in [0.1, 0.15) is 24.2 Å². The van der Waals surface area contributed by atoms with Crippen molar-refractivity contribution < 1.29 is 9.37 Å². The van der Waals surface area contributed by atoms with Crippen LogP contribution < -0.4 is 15.4 Å². The molecule has 1 saturated heterocycles. The van der Waals surface area contributed by atoms with Crippen molar-refractivity contribution in [3.05, 3.63) is 35.7 Å². The molecule has 1 fully saturated rings. The van der Waals surface area contributed by atoms with E-state index >= 15 is 0 Å². The Hall–Kier alpha value is -2.08. The van der Waals surface area contributed by atoms with Gasteiger partial charge in [-0.05, 0) is 31.9 Å². The molecule has 2 N–H and O–H groups in total. The van der Waals surface area contributed by atoms with Gasteiger partial charge in [-0.1, -0.05) is 22.4 Å². The first kappa shape index (κ1) is 13.9. The lowest BCUT2D eigenvalue weighted by Crippen LogP contribution is -2.39. The molecule has 6 heteroatoms. The fourth-order valence-corrected chi connectivity index (χ4v) is 2.51. The topological polar surface area (TPSA) is 77.4 Å². The summed E-state index contributed by atoms with van der Waals surface area (Å²) in [7, 11) is 0. The minimum Gasteiger partial charge on any atom is -0.485 e. The van der Waals surface area contributed by atoms with Crippen molar-refractivity contribution >= 4 is 5.69 Å². The Morgan fingerprint density at radius 1 is 1.29 bits per heavy atom. The van der Waals surface area contributed by atoms with Crippen molar-refractivity contribution in [2.75, 3.05) is 18.0 Å². The van der Waals surface area contributed by atoms with Gasteiger partial charge in [-0.25, -0.2) is 4.63 Å². The summed E-state index contributed by atoms with van der Waals surface area (Å²) in [5, 5.41) is 7.60. The third-order valence-electron chi connectivity index (χ3n) is 3.86. The molecule has 2 heterocycles. The van der Waals surface area contributed by atoms with Gasteiger partial charge in [0.15, 0.2) is 0 Å². The summed E-state index contributed by atoms with van der Waals surface area (Å²) in [5.74, 6) is 0.857. The van der Waals surface area contributed by atoms with E-state index in [1.807, 2.05) is 25.1 Å². The first-order chi connectivity index (χ1) is 10.2. The third-order valence-corrected chi connectivity index (χ3v) is 3.86. The van der Waals surface area contributed by atoms with Gasteiger partial charge in [0.05, 0.1) is 5.69 Å². The fourth-order valence-electron chi connectivity index (χ4n) is 2.51. The van der Waals surface area contributed by atoms with Gasteiger partial charge < -0.3 is 15.4 Å². The maximum absolute atomic E-state index is 5.97. The number of rotatable bonds is 4. The molecular formula is C15H20N4O2. The molecule has 112 valence electrons. The summed E-state index contributed by atoms with van der Waals surface area (Å²) in [5.41, 5.74) is 8.57. The number of hydrogen-bond donors (Lipinski definition) is 1. The highest BCUT2D eigenvalue weighted by molar-refractivity contribution is 5.58. The maximum Gasteiger partial charge on any atom is 0.145 e. The zero-order valence-electron chi connectivity index (χ0n) is 12.2. The first-order valence-electron chi connectivity index (χ1n) is 7.24. The number of ether oxygens (including phenoxy) is 1. The van der Waals surface area contributed by atoms with Crippen molar-refractivity contribution in [2.45, 2.75) is 32.4 Å². The fraction of sp³-hybridized carbons (Fsp3) is 0.467. The Balaban J connectivity index is 1.72. The zero-order chi connectivity index (χ0) is 14.7. The van der Waals surface area contributed by atoms with Crippen LogP contribution in [0, 0.1) is 6.92 Å². The molecule has 1 aromatic carbocycles. The van der Waals surface area contributed by atoms with Gasteiger partial charge in [0.2, 0.25) is 0 Å². The van der Waals surface area contributed by atoms with Crippen LogP contribution in [0.2, 0.25) is 0 Å². The molecule has 0 bridgehead atoms. The van der Waals surface area contributed by atoms with Crippen LogP contribution in [0.4, 0.5) is 5.69 Å². The number of benzene rings is 1. The zero-order valence-corrected chi connectivity index (χ0v) is 12.2. The van der Waals surface area contributed by atoms with E-state index in [-0.39, 0.29) is 0 Å². The second-order valence-corrected chi connectivity index (χ2v) is 5.38. The Morgan fingerprint density at radius 3 is 2.76 bits per heavy atom. The highest BCUT2D eigenvalue weighted by atomic mass is 16.6. The Bertz CT molecular complexity index is 591. The molecule has 0 atom stereocenters. The molecular weight excluding hydrogens is 268 g/mol. The summed E-state index contributed by atoms with van der Waals surface area (Å²) in [6, 6.07) is 8.38. The summed E-state index contributed by atoms with van der Waals surface area (Å²) < 4.78 is 10.6. The van der Waals surface area contributed by atoms with Crippen LogP contribution in [0.15, 0.2) is 28.9 Å². The number of para-hydroxylation sites is 2. The third kappa shape index (κ3) is 3.16. The quantitative estimate of drug-likeness (QED) is 0.925. The molecule has 0 aliphatic carbocycles. The van der Waals surface area contributed by atoms with Crippen molar-refractivity contribution in [1.29, 1.82) is 0 Å². The van der Waals surface area contributed by atoms with E-state index < -0.39 is 0 Å². The lowest BCUT2D eigenvalue weighted by Gasteiger charge is -2.33. The van der Waals surface area contributed by atoms with Crippen molar-refractivity contribution in [2.24, 2.45) is 5.73 Å². The number of anilines is 1. The summed E-state index contributed by atoms with van der Waals surface area (Å²) in [4.78, 5) is 2.33. The molecule has 1 aliphatic rings. The molecule has 0 spiro atoms. The van der Waals surface area contributed by atoms with Crippen molar-refractivity contribution in [3.8, 4) is 5.75 Å². The van der Waals surface area contributed by atoms with Gasteiger partial charge in [-0.3, -0.25) is 0 Å². The van der Waals surface area contributed by atoms with Gasteiger partial charge in [0.1, 0.15) is 23.7 Å². The van der Waals surface area contributed by atoms with Gasteiger partial charge in [-0.2, -0.15) is 0 Å². The first-order valence-corrected chi connectivity index (χ1v) is 7.24. The average molecular weight is 288 g/mol. The van der Waals surface area contributed by atoms with Crippen LogP contribution in [-0.4, -0.2) is 29.4 Å². The highest BCUT2D eigenvalue weighted by Crippen LogP contribution is 2.30. The standard InChI is InChI=1S/C15H20N4O2/c1-11-13(18-21-17-11)10-20-15-5-3-2-4-14(15)19-8-6-12(16)7-9-19/h2-5,12H,6-10,16H2,1H3. The Morgan fingerprint density at radius 2 is 2.05 bits per heavy atom. The minimum atomic E-state index is 0.318. The monoisotopic (exact) mass is 288 g/mol. The van der Waals surface area contributed by atoms with Crippen LogP contribution in [0.25, 0.3) is 0 Å². The van der Waals surface area contributed by atoms with E-state index in [1.54, 1.807) is 0 Å². The summed E-state index contributed by atoms with van der Waals surface area (Å²) in [6.45, 7) is 4.14. The van der Waals surface area contributed by atoms with E-state index in [9.17, 15) is 0 Å². The van der Waals surface area contributed by atoms with Gasteiger partial charge in [0.25, 0.3) is 0 Å². The minimum absolute atomic E-state index is 0.318. The SMILES string of the molecule is Cc1nonc1COc1ccccc1N1CCC(N)CC1. The van der Waals surface area contributed by atoms with Crippen LogP contribution in [0.3, 0.4) is 0 Å². The second-order valence-electron chi connectivity index (χ2n) is 5.38. The number of nitrogens with zero attached hydrogens (tertiary/aromatic N) is 3. The number of aryl methyl sites for hydroxylation is 1. The van der Waals surface area contributed by atoms with Gasteiger partial charge in [0, 0.05) is 19.1 Å². The predicted molar refractivity (Wildman–Crippen MR) is 79.2 cm³/mol. The normalized spacial score (nSPS) is 16.2. The number of aromatic nitrogens is 2. The van der Waals surface area contributed by atoms with Crippen molar-refractivity contribution in [3.63, 3.8) is 0 Å². The molecule has 0 amide bonds. The lowest BCUT2D eigenvalue weighted by atomic mass is 10.1. The second kappa shape index (κ2) is 6.13. The smallest absolute Gasteiger partial charge is 0.145 e. The van der Waals surface area contributed by atoms with E-state index in [0.717, 1.165) is 48.8 Å². The largest absolute Gasteiger partial charge is 0.485 e. The maximum atomic E-state index is 5.97. The predicted octanol–water partition coefficient (Wildman–Crippen LogP) is 1.88. The highest BCUT2D eigenvalue weighted by Gasteiger charge is 2.19. The van der Waals surface area contributed by atoms with Gasteiger partial charge in [-0.15, -0.1) is 0 Å². The van der Waals surface area contributed by atoms with Crippen LogP contribution in [0.5, 0.6) is 5.75 Å².